The van der Waals surface area contributed by atoms with Crippen molar-refractivity contribution in [3.05, 3.63) is 50.9 Å². The molecule has 0 amide bonds. The van der Waals surface area contributed by atoms with Gasteiger partial charge in [-0.25, -0.2) is 4.39 Å². The number of thiophene rings is 1. The van der Waals surface area contributed by atoms with Crippen LogP contribution < -0.4 is 10.1 Å². The van der Waals surface area contributed by atoms with E-state index in [-0.39, 0.29) is 17.6 Å². The molecule has 1 unspecified atom stereocenters. The molecular weight excluding hydrogens is 273 g/mol. The Morgan fingerprint density at radius 1 is 1.33 bits per heavy atom. The molecule has 5 heteroatoms. The van der Waals surface area contributed by atoms with Crippen LogP contribution in [0.15, 0.2) is 30.3 Å². The van der Waals surface area contributed by atoms with Crippen molar-refractivity contribution < 1.29 is 9.13 Å². The molecule has 1 heterocycles. The van der Waals surface area contributed by atoms with E-state index in [1.165, 1.54) is 24.5 Å². The Hall–Kier alpha value is -1.10. The highest BCUT2D eigenvalue weighted by atomic mass is 35.5. The number of nitrogens with one attached hydrogen (secondary N) is 1. The van der Waals surface area contributed by atoms with Crippen molar-refractivity contribution in [1.82, 2.24) is 5.32 Å². The van der Waals surface area contributed by atoms with Gasteiger partial charge in [-0.05, 0) is 36.9 Å². The molecule has 1 N–H and O–H groups in total. The smallest absolute Gasteiger partial charge is 0.165 e. The third-order valence-electron chi connectivity index (χ3n) is 2.68. The molecular formula is C13H13ClFNOS. The summed E-state index contributed by atoms with van der Waals surface area (Å²) < 4.78 is 19.3. The average molecular weight is 286 g/mol. The maximum absolute atomic E-state index is 13.7. The number of halogens is 2. The van der Waals surface area contributed by atoms with Gasteiger partial charge < -0.3 is 10.1 Å². The van der Waals surface area contributed by atoms with Crippen LogP contribution in [0.3, 0.4) is 0 Å². The summed E-state index contributed by atoms with van der Waals surface area (Å²) in [5, 5.41) is 3.16. The molecule has 0 fully saturated rings. The lowest BCUT2D eigenvalue weighted by Crippen LogP contribution is -2.16. The van der Waals surface area contributed by atoms with E-state index < -0.39 is 0 Å². The van der Waals surface area contributed by atoms with E-state index in [0.29, 0.717) is 0 Å². The van der Waals surface area contributed by atoms with Gasteiger partial charge in [-0.15, -0.1) is 11.3 Å². The Morgan fingerprint density at radius 2 is 2.11 bits per heavy atom. The number of rotatable bonds is 4. The molecule has 0 aliphatic rings. The van der Waals surface area contributed by atoms with Crippen LogP contribution in [-0.4, -0.2) is 14.2 Å². The maximum Gasteiger partial charge on any atom is 0.165 e. The van der Waals surface area contributed by atoms with Crippen molar-refractivity contribution in [2.75, 3.05) is 14.2 Å². The lowest BCUT2D eigenvalue weighted by atomic mass is 10.1. The van der Waals surface area contributed by atoms with Crippen LogP contribution in [-0.2, 0) is 0 Å². The quantitative estimate of drug-likeness (QED) is 0.921. The summed E-state index contributed by atoms with van der Waals surface area (Å²) in [4.78, 5) is 1.05. The summed E-state index contributed by atoms with van der Waals surface area (Å²) in [6, 6.07) is 8.67. The third kappa shape index (κ3) is 2.66. The summed E-state index contributed by atoms with van der Waals surface area (Å²) >= 11 is 7.40. The Kier molecular flexibility index (Phi) is 4.22. The molecule has 0 spiro atoms. The van der Waals surface area contributed by atoms with E-state index in [1.807, 2.05) is 25.2 Å². The van der Waals surface area contributed by atoms with Gasteiger partial charge in [0.15, 0.2) is 11.6 Å². The Bertz CT molecular complexity index is 544. The van der Waals surface area contributed by atoms with Gasteiger partial charge >= 0.3 is 0 Å². The van der Waals surface area contributed by atoms with Crippen LogP contribution in [0.25, 0.3) is 0 Å². The topological polar surface area (TPSA) is 21.3 Å². The van der Waals surface area contributed by atoms with Crippen molar-refractivity contribution in [3.63, 3.8) is 0 Å². The summed E-state index contributed by atoms with van der Waals surface area (Å²) in [6.45, 7) is 0. The Morgan fingerprint density at radius 3 is 2.61 bits per heavy atom. The van der Waals surface area contributed by atoms with E-state index in [9.17, 15) is 4.39 Å². The molecule has 2 aromatic rings. The second kappa shape index (κ2) is 5.69. The number of methoxy groups -OCH3 is 1. The first kappa shape index (κ1) is 13.3. The van der Waals surface area contributed by atoms with E-state index in [4.69, 9.17) is 16.3 Å². The van der Waals surface area contributed by atoms with E-state index in [0.717, 1.165) is 14.8 Å². The summed E-state index contributed by atoms with van der Waals surface area (Å²) in [6.07, 6.45) is 0. The molecule has 0 aliphatic heterocycles. The van der Waals surface area contributed by atoms with Gasteiger partial charge in [0.05, 0.1) is 17.5 Å². The number of ether oxygens (including phenoxy) is 1. The van der Waals surface area contributed by atoms with Gasteiger partial charge in [0.25, 0.3) is 0 Å². The molecule has 1 aromatic heterocycles. The van der Waals surface area contributed by atoms with Crippen molar-refractivity contribution >= 4 is 22.9 Å². The molecule has 96 valence electrons. The minimum Gasteiger partial charge on any atom is -0.494 e. The Balaban J connectivity index is 2.36. The molecule has 0 radical (unpaired) electrons. The molecule has 0 bridgehead atoms. The highest BCUT2D eigenvalue weighted by Gasteiger charge is 2.16. The lowest BCUT2D eigenvalue weighted by molar-refractivity contribution is 0.386. The van der Waals surface area contributed by atoms with Crippen LogP contribution in [0.1, 0.15) is 16.5 Å². The fourth-order valence-corrected chi connectivity index (χ4v) is 3.02. The van der Waals surface area contributed by atoms with Gasteiger partial charge in [-0.3, -0.25) is 0 Å². The van der Waals surface area contributed by atoms with Gasteiger partial charge in [0, 0.05) is 4.88 Å². The first-order valence-electron chi connectivity index (χ1n) is 5.41. The molecule has 0 aliphatic carbocycles. The monoisotopic (exact) mass is 285 g/mol. The standard InChI is InChI=1S/C13H13ClFNOS/c1-16-13(11-5-6-12(14)18-11)8-3-4-10(17-2)9(15)7-8/h3-7,13,16H,1-2H3. The largest absolute Gasteiger partial charge is 0.494 e. The number of hydrogen-bond acceptors (Lipinski definition) is 3. The molecule has 1 atom stereocenters. The summed E-state index contributed by atoms with van der Waals surface area (Å²) in [5.41, 5.74) is 0.842. The van der Waals surface area contributed by atoms with Crippen molar-refractivity contribution in [3.8, 4) is 5.75 Å². The number of hydrogen-bond donors (Lipinski definition) is 1. The molecule has 1 aromatic carbocycles. The van der Waals surface area contributed by atoms with Crippen LogP contribution in [0.4, 0.5) is 4.39 Å². The van der Waals surface area contributed by atoms with E-state index in [1.54, 1.807) is 6.07 Å². The average Bonchev–Trinajstić information content (AvgIpc) is 2.77. The zero-order valence-electron chi connectivity index (χ0n) is 10.0. The fourth-order valence-electron chi connectivity index (χ4n) is 1.82. The van der Waals surface area contributed by atoms with Crippen LogP contribution in [0.5, 0.6) is 5.75 Å². The van der Waals surface area contributed by atoms with Gasteiger partial charge in [0.1, 0.15) is 0 Å². The fraction of sp³-hybridized carbons (Fsp3) is 0.231. The van der Waals surface area contributed by atoms with E-state index >= 15 is 0 Å². The minimum absolute atomic E-state index is 0.0668. The summed E-state index contributed by atoms with van der Waals surface area (Å²) in [5.74, 6) is -0.115. The normalized spacial score (nSPS) is 12.4. The van der Waals surface area contributed by atoms with Crippen LogP contribution in [0, 0.1) is 5.82 Å². The molecule has 0 saturated carbocycles. The minimum atomic E-state index is -0.363. The third-order valence-corrected chi connectivity index (χ3v) is 3.97. The van der Waals surface area contributed by atoms with Crippen molar-refractivity contribution in [2.45, 2.75) is 6.04 Å². The Labute approximate surface area is 114 Å². The van der Waals surface area contributed by atoms with Gasteiger partial charge in [0.2, 0.25) is 0 Å². The highest BCUT2D eigenvalue weighted by molar-refractivity contribution is 7.16. The number of benzene rings is 1. The molecule has 18 heavy (non-hydrogen) atoms. The summed E-state index contributed by atoms with van der Waals surface area (Å²) in [7, 11) is 3.28. The molecule has 2 nitrogen and oxygen atoms in total. The first-order valence-corrected chi connectivity index (χ1v) is 6.61. The van der Waals surface area contributed by atoms with Gasteiger partial charge in [-0.1, -0.05) is 17.7 Å². The lowest BCUT2D eigenvalue weighted by Gasteiger charge is -2.15. The highest BCUT2D eigenvalue weighted by Crippen LogP contribution is 2.32. The maximum atomic E-state index is 13.7. The van der Waals surface area contributed by atoms with Crippen molar-refractivity contribution in [2.24, 2.45) is 0 Å². The van der Waals surface area contributed by atoms with Gasteiger partial charge in [-0.2, -0.15) is 0 Å². The molecule has 0 saturated heterocycles. The zero-order chi connectivity index (χ0) is 13.1. The predicted molar refractivity (Wildman–Crippen MR) is 73.2 cm³/mol. The van der Waals surface area contributed by atoms with Crippen LogP contribution >= 0.6 is 22.9 Å². The first-order chi connectivity index (χ1) is 8.65. The zero-order valence-corrected chi connectivity index (χ0v) is 11.6. The van der Waals surface area contributed by atoms with Crippen LogP contribution in [0.2, 0.25) is 4.34 Å². The molecule has 2 rings (SSSR count). The second-order valence-corrected chi connectivity index (χ2v) is 5.50. The van der Waals surface area contributed by atoms with E-state index in [2.05, 4.69) is 5.32 Å². The SMILES string of the molecule is CNC(c1ccc(OC)c(F)c1)c1ccc(Cl)s1. The van der Waals surface area contributed by atoms with Crippen molar-refractivity contribution in [1.29, 1.82) is 0 Å². The second-order valence-electron chi connectivity index (χ2n) is 3.76. The predicted octanol–water partition coefficient (Wildman–Crippen LogP) is 3.86.